The first-order chi connectivity index (χ1) is 17.0. The zero-order valence-corrected chi connectivity index (χ0v) is 21.1. The largest absolute Gasteiger partial charge is 0.493 e. The lowest BCUT2D eigenvalue weighted by Gasteiger charge is -2.29. The molecule has 0 heterocycles. The highest BCUT2D eigenvalue weighted by Crippen LogP contribution is 2.33. The van der Waals surface area contributed by atoms with Crippen LogP contribution < -0.4 is 15.2 Å². The summed E-state index contributed by atoms with van der Waals surface area (Å²) in [5, 5.41) is 8.95. The average molecular weight is 481 g/mol. The molecule has 2 aromatic rings. The van der Waals surface area contributed by atoms with Crippen LogP contribution in [0.5, 0.6) is 11.5 Å². The van der Waals surface area contributed by atoms with Crippen LogP contribution in [0.15, 0.2) is 47.5 Å². The van der Waals surface area contributed by atoms with Crippen LogP contribution in [0.1, 0.15) is 36.0 Å². The number of nitrogens with zero attached hydrogens (tertiary/aromatic N) is 3. The molecule has 2 aromatic carbocycles. The number of methoxy groups -OCH3 is 3. The monoisotopic (exact) mass is 480 g/mol. The van der Waals surface area contributed by atoms with E-state index in [0.717, 1.165) is 30.6 Å². The number of aliphatic imine (C=N–C) groups is 1. The third kappa shape index (κ3) is 7.10. The molecule has 0 aliphatic heterocycles. The minimum absolute atomic E-state index is 0.0643. The smallest absolute Gasteiger partial charge is 0.209 e. The predicted octanol–water partition coefficient (Wildman–Crippen LogP) is 3.70. The fourth-order valence-electron chi connectivity index (χ4n) is 4.55. The number of fused-ring (bicyclic) bond motifs is 1. The van der Waals surface area contributed by atoms with Gasteiger partial charge < -0.3 is 29.6 Å². The molecule has 8 nitrogen and oxygen atoms in total. The van der Waals surface area contributed by atoms with Gasteiger partial charge in [0.05, 0.1) is 20.3 Å². The highest BCUT2D eigenvalue weighted by molar-refractivity contribution is 5.79. The molecule has 2 N–H and O–H groups in total. The molecule has 0 fully saturated rings. The lowest BCUT2D eigenvalue weighted by molar-refractivity contribution is -0.109. The molecule has 0 aromatic heterocycles. The summed E-state index contributed by atoms with van der Waals surface area (Å²) in [6, 6.07) is 14.6. The normalized spacial score (nSPS) is 14.5. The fraction of sp³-hybridized carbons (Fsp3) is 0.481. The van der Waals surface area contributed by atoms with Crippen molar-refractivity contribution in [2.24, 2.45) is 16.6 Å². The van der Waals surface area contributed by atoms with E-state index >= 15 is 0 Å². The summed E-state index contributed by atoms with van der Waals surface area (Å²) in [6.07, 6.45) is 4.46. The van der Waals surface area contributed by atoms with Crippen LogP contribution in [-0.2, 0) is 22.3 Å². The number of nitriles is 1. The van der Waals surface area contributed by atoms with E-state index < -0.39 is 6.29 Å². The summed E-state index contributed by atoms with van der Waals surface area (Å²) in [4.78, 5) is 5.49. The van der Waals surface area contributed by atoms with E-state index in [-0.39, 0.29) is 11.9 Å². The zero-order chi connectivity index (χ0) is 25.2. The lowest BCUT2D eigenvalue weighted by Crippen LogP contribution is -2.44. The molecule has 0 radical (unpaired) electrons. The molecule has 1 atom stereocenters. The second-order valence-electron chi connectivity index (χ2n) is 8.87. The van der Waals surface area contributed by atoms with E-state index in [1.807, 2.05) is 18.2 Å². The van der Waals surface area contributed by atoms with Crippen molar-refractivity contribution in [1.82, 2.24) is 4.90 Å². The number of benzene rings is 2. The Morgan fingerprint density at radius 2 is 1.77 bits per heavy atom. The summed E-state index contributed by atoms with van der Waals surface area (Å²) in [5.41, 5.74) is 10.0. The average Bonchev–Trinajstić information content (AvgIpc) is 3.29. The Hall–Kier alpha value is -3.28. The van der Waals surface area contributed by atoms with Crippen molar-refractivity contribution < 1.29 is 18.9 Å². The summed E-state index contributed by atoms with van der Waals surface area (Å²) in [7, 11) is 4.77. The molecule has 0 saturated carbocycles. The Morgan fingerprint density at radius 3 is 2.37 bits per heavy atom. The maximum absolute atomic E-state index is 8.95. The molecule has 0 bridgehead atoms. The summed E-state index contributed by atoms with van der Waals surface area (Å²) in [6.45, 7) is 3.58. The molecule has 1 unspecified atom stereocenters. The van der Waals surface area contributed by atoms with Crippen molar-refractivity contribution in [2.45, 2.75) is 38.4 Å². The van der Waals surface area contributed by atoms with Crippen molar-refractivity contribution >= 4 is 5.96 Å². The molecular weight excluding hydrogens is 444 g/mol. The SMILES string of the molecule is COc1ccc(C(C)CN(CC(OC)OC)C(N)=NC#N)cc1OCCC1Cc2ccccc2C1. The Balaban J connectivity index is 1.64. The van der Waals surface area contributed by atoms with Crippen molar-refractivity contribution in [3.63, 3.8) is 0 Å². The van der Waals surface area contributed by atoms with Gasteiger partial charge in [-0.1, -0.05) is 37.3 Å². The minimum atomic E-state index is -0.494. The van der Waals surface area contributed by atoms with Gasteiger partial charge in [0.15, 0.2) is 17.8 Å². The third-order valence-electron chi connectivity index (χ3n) is 6.55. The Morgan fingerprint density at radius 1 is 1.09 bits per heavy atom. The van der Waals surface area contributed by atoms with Gasteiger partial charge in [-0.15, -0.1) is 4.99 Å². The first-order valence-electron chi connectivity index (χ1n) is 11.9. The second kappa shape index (κ2) is 13.0. The van der Waals surface area contributed by atoms with Gasteiger partial charge in [-0.3, -0.25) is 0 Å². The van der Waals surface area contributed by atoms with Crippen molar-refractivity contribution in [3.8, 4) is 17.7 Å². The van der Waals surface area contributed by atoms with Crippen LogP contribution in [0.2, 0.25) is 0 Å². The van der Waals surface area contributed by atoms with Gasteiger partial charge in [0, 0.05) is 20.8 Å². The van der Waals surface area contributed by atoms with Gasteiger partial charge in [0.2, 0.25) is 12.2 Å². The maximum Gasteiger partial charge on any atom is 0.209 e. The van der Waals surface area contributed by atoms with Crippen LogP contribution in [0.3, 0.4) is 0 Å². The first kappa shape index (κ1) is 26.3. The number of ether oxygens (including phenoxy) is 4. The van der Waals surface area contributed by atoms with E-state index in [0.29, 0.717) is 31.4 Å². The molecule has 35 heavy (non-hydrogen) atoms. The van der Waals surface area contributed by atoms with Gasteiger partial charge in [-0.05, 0) is 59.9 Å². The number of hydrogen-bond donors (Lipinski definition) is 1. The molecule has 1 aliphatic rings. The molecule has 8 heteroatoms. The van der Waals surface area contributed by atoms with E-state index in [1.54, 1.807) is 32.4 Å². The van der Waals surface area contributed by atoms with Gasteiger partial charge in [-0.2, -0.15) is 5.26 Å². The molecular formula is C27H36N4O4. The zero-order valence-electron chi connectivity index (χ0n) is 21.1. The van der Waals surface area contributed by atoms with Crippen LogP contribution in [-0.4, -0.2) is 58.2 Å². The molecule has 0 amide bonds. The van der Waals surface area contributed by atoms with Crippen LogP contribution in [0.25, 0.3) is 0 Å². The van der Waals surface area contributed by atoms with E-state index in [4.69, 9.17) is 29.9 Å². The standard InChI is InChI=1S/C27H36N4O4/c1-19(16-31(27(29)30-18-28)17-26(33-3)34-4)21-9-10-24(32-2)25(15-21)35-12-11-20-13-22-7-5-6-8-23(22)14-20/h5-10,15,19-20,26H,11-14,16-17H2,1-4H3,(H2,29,30). The Bertz CT molecular complexity index is 1010. The Kier molecular flexibility index (Phi) is 9.76. The summed E-state index contributed by atoms with van der Waals surface area (Å²) in [5.74, 6) is 2.22. The lowest BCUT2D eigenvalue weighted by atomic mass is 10.00. The Labute approximate surface area is 208 Å². The molecule has 0 spiro atoms. The van der Waals surface area contributed by atoms with Gasteiger partial charge in [0.25, 0.3) is 0 Å². The van der Waals surface area contributed by atoms with Crippen LogP contribution in [0, 0.1) is 17.4 Å². The van der Waals surface area contributed by atoms with E-state index in [1.165, 1.54) is 11.1 Å². The van der Waals surface area contributed by atoms with Crippen LogP contribution in [0.4, 0.5) is 0 Å². The van der Waals surface area contributed by atoms with Crippen molar-refractivity contribution in [3.05, 3.63) is 59.2 Å². The minimum Gasteiger partial charge on any atom is -0.493 e. The second-order valence-corrected chi connectivity index (χ2v) is 8.87. The molecule has 1 aliphatic carbocycles. The maximum atomic E-state index is 8.95. The van der Waals surface area contributed by atoms with E-state index in [9.17, 15) is 0 Å². The predicted molar refractivity (Wildman–Crippen MR) is 135 cm³/mol. The van der Waals surface area contributed by atoms with Crippen molar-refractivity contribution in [2.75, 3.05) is 41.0 Å². The molecule has 3 rings (SSSR count). The number of guanidine groups is 1. The van der Waals surface area contributed by atoms with Crippen LogP contribution >= 0.6 is 0 Å². The number of rotatable bonds is 12. The first-order valence-corrected chi connectivity index (χ1v) is 11.9. The van der Waals surface area contributed by atoms with Gasteiger partial charge >= 0.3 is 0 Å². The van der Waals surface area contributed by atoms with Gasteiger partial charge in [-0.25, -0.2) is 0 Å². The molecule has 0 saturated heterocycles. The highest BCUT2D eigenvalue weighted by Gasteiger charge is 2.22. The quantitative estimate of drug-likeness (QED) is 0.214. The highest BCUT2D eigenvalue weighted by atomic mass is 16.7. The third-order valence-corrected chi connectivity index (χ3v) is 6.55. The summed E-state index contributed by atoms with van der Waals surface area (Å²) >= 11 is 0. The van der Waals surface area contributed by atoms with E-state index in [2.05, 4.69) is 36.2 Å². The fourth-order valence-corrected chi connectivity index (χ4v) is 4.55. The topological polar surface area (TPSA) is 102 Å². The number of nitrogens with two attached hydrogens (primary N) is 1. The molecule has 188 valence electrons. The van der Waals surface area contributed by atoms with Crippen molar-refractivity contribution in [1.29, 1.82) is 5.26 Å². The number of hydrogen-bond acceptors (Lipinski definition) is 6. The van der Waals surface area contributed by atoms with Gasteiger partial charge in [0.1, 0.15) is 0 Å². The summed E-state index contributed by atoms with van der Waals surface area (Å²) < 4.78 is 22.4.